The molecule has 0 bridgehead atoms. The Labute approximate surface area is 99.3 Å². The summed E-state index contributed by atoms with van der Waals surface area (Å²) in [7, 11) is 1.56. The average Bonchev–Trinajstić information content (AvgIpc) is 2.29. The number of hydrogen-bond acceptors (Lipinski definition) is 4. The first-order valence-electron chi connectivity index (χ1n) is 4.89. The third kappa shape index (κ3) is 3.43. The van der Waals surface area contributed by atoms with E-state index >= 15 is 0 Å². The van der Waals surface area contributed by atoms with E-state index in [2.05, 4.69) is 0 Å². The van der Waals surface area contributed by atoms with E-state index < -0.39 is 0 Å². The Morgan fingerprint density at radius 1 is 1.56 bits per heavy atom. The van der Waals surface area contributed by atoms with Gasteiger partial charge in [-0.05, 0) is 17.7 Å². The van der Waals surface area contributed by atoms with Gasteiger partial charge in [0.25, 0.3) is 0 Å². The fraction of sp³-hybridized carbons (Fsp3) is 0.364. The zero-order valence-electron chi connectivity index (χ0n) is 9.19. The van der Waals surface area contributed by atoms with Crippen molar-refractivity contribution in [1.29, 1.82) is 5.41 Å². The lowest BCUT2D eigenvalue weighted by Gasteiger charge is -2.09. The van der Waals surface area contributed by atoms with E-state index in [4.69, 9.17) is 21.0 Å². The van der Waals surface area contributed by atoms with Crippen molar-refractivity contribution < 1.29 is 9.84 Å². The molecule has 1 rings (SSSR count). The summed E-state index contributed by atoms with van der Waals surface area (Å²) in [5.41, 5.74) is 7.16. The molecule has 0 unspecified atom stereocenters. The van der Waals surface area contributed by atoms with Gasteiger partial charge in [0.15, 0.2) is 0 Å². The Hall–Kier alpha value is -1.20. The van der Waals surface area contributed by atoms with Crippen LogP contribution in [-0.2, 0) is 5.75 Å². The number of hydrogen-bond donors (Lipinski definition) is 3. The second-order valence-corrected chi connectivity index (χ2v) is 4.33. The lowest BCUT2D eigenvalue weighted by molar-refractivity contribution is 0.322. The molecule has 0 aromatic heterocycles. The van der Waals surface area contributed by atoms with Crippen LogP contribution in [-0.4, -0.2) is 30.4 Å². The van der Waals surface area contributed by atoms with Crippen molar-refractivity contribution in [2.24, 2.45) is 5.73 Å². The number of benzene rings is 1. The van der Waals surface area contributed by atoms with Crippen molar-refractivity contribution in [1.82, 2.24) is 0 Å². The largest absolute Gasteiger partial charge is 0.496 e. The monoisotopic (exact) mass is 240 g/mol. The highest BCUT2D eigenvalue weighted by atomic mass is 32.2. The first-order chi connectivity index (χ1) is 7.69. The molecule has 0 aliphatic rings. The number of thioether (sulfide) groups is 1. The molecule has 0 saturated heterocycles. The van der Waals surface area contributed by atoms with Crippen molar-refractivity contribution in [3.63, 3.8) is 0 Å². The zero-order valence-corrected chi connectivity index (χ0v) is 10.0. The lowest BCUT2D eigenvalue weighted by Crippen LogP contribution is -2.12. The minimum atomic E-state index is 0.00542. The molecule has 0 radical (unpaired) electrons. The lowest BCUT2D eigenvalue weighted by atomic mass is 10.1. The topological polar surface area (TPSA) is 79.3 Å². The van der Waals surface area contributed by atoms with Crippen molar-refractivity contribution >= 4 is 17.6 Å². The molecular formula is C11H16N2O2S. The minimum Gasteiger partial charge on any atom is -0.496 e. The van der Waals surface area contributed by atoms with E-state index in [1.54, 1.807) is 18.9 Å². The van der Waals surface area contributed by atoms with Crippen molar-refractivity contribution in [3.05, 3.63) is 29.3 Å². The molecule has 16 heavy (non-hydrogen) atoms. The highest BCUT2D eigenvalue weighted by molar-refractivity contribution is 7.98. The van der Waals surface area contributed by atoms with E-state index in [1.165, 1.54) is 0 Å². The number of ether oxygens (including phenoxy) is 1. The molecule has 1 aromatic carbocycles. The molecule has 4 N–H and O–H groups in total. The Kier molecular flexibility index (Phi) is 5.14. The van der Waals surface area contributed by atoms with Gasteiger partial charge in [0.05, 0.1) is 19.3 Å². The van der Waals surface area contributed by atoms with Crippen LogP contribution in [0, 0.1) is 5.41 Å². The van der Waals surface area contributed by atoms with Gasteiger partial charge in [-0.1, -0.05) is 6.07 Å². The summed E-state index contributed by atoms with van der Waals surface area (Å²) in [6.45, 7) is 0.181. The van der Waals surface area contributed by atoms with Crippen molar-refractivity contribution in [2.45, 2.75) is 5.75 Å². The zero-order chi connectivity index (χ0) is 12.0. The van der Waals surface area contributed by atoms with Crippen molar-refractivity contribution in [2.75, 3.05) is 19.5 Å². The minimum absolute atomic E-state index is 0.00542. The van der Waals surface area contributed by atoms with Gasteiger partial charge in [-0.2, -0.15) is 11.8 Å². The van der Waals surface area contributed by atoms with Crippen molar-refractivity contribution in [3.8, 4) is 5.75 Å². The van der Waals surface area contributed by atoms with Crippen LogP contribution in [0.4, 0.5) is 0 Å². The molecule has 0 aliphatic heterocycles. The number of aliphatic hydroxyl groups is 1. The molecular weight excluding hydrogens is 224 g/mol. The molecule has 0 spiro atoms. The fourth-order valence-corrected chi connectivity index (χ4v) is 2.00. The number of nitrogens with one attached hydrogen (secondary N) is 1. The van der Waals surface area contributed by atoms with Crippen LogP contribution < -0.4 is 10.5 Å². The van der Waals surface area contributed by atoms with Gasteiger partial charge in [0.2, 0.25) is 0 Å². The Bertz CT molecular complexity index is 369. The first kappa shape index (κ1) is 12.9. The summed E-state index contributed by atoms with van der Waals surface area (Å²) in [5, 5.41) is 16.1. The van der Waals surface area contributed by atoms with E-state index in [9.17, 15) is 0 Å². The van der Waals surface area contributed by atoms with Gasteiger partial charge in [0, 0.05) is 11.5 Å². The maximum absolute atomic E-state index is 8.67. The number of rotatable bonds is 6. The fourth-order valence-electron chi connectivity index (χ4n) is 1.31. The molecule has 0 aliphatic carbocycles. The average molecular weight is 240 g/mol. The molecule has 0 fully saturated rings. The molecule has 88 valence electrons. The van der Waals surface area contributed by atoms with Gasteiger partial charge in [-0.25, -0.2) is 0 Å². The molecule has 1 aromatic rings. The number of methoxy groups -OCH3 is 1. The van der Waals surface area contributed by atoms with Crippen LogP contribution in [0.25, 0.3) is 0 Å². The Balaban J connectivity index is 2.81. The highest BCUT2D eigenvalue weighted by Crippen LogP contribution is 2.21. The molecule has 4 nitrogen and oxygen atoms in total. The van der Waals surface area contributed by atoms with Crippen LogP contribution in [0.5, 0.6) is 5.75 Å². The summed E-state index contributed by atoms with van der Waals surface area (Å²) in [4.78, 5) is 0. The van der Waals surface area contributed by atoms with Crippen LogP contribution in [0.1, 0.15) is 11.1 Å². The molecule has 5 heteroatoms. The summed E-state index contributed by atoms with van der Waals surface area (Å²) in [5.74, 6) is 2.13. The van der Waals surface area contributed by atoms with Crippen LogP contribution in [0.3, 0.4) is 0 Å². The van der Waals surface area contributed by atoms with Crippen LogP contribution >= 0.6 is 11.8 Å². The Morgan fingerprint density at radius 3 is 2.88 bits per heavy atom. The summed E-state index contributed by atoms with van der Waals surface area (Å²) in [6.07, 6.45) is 0. The maximum atomic E-state index is 8.67. The summed E-state index contributed by atoms with van der Waals surface area (Å²) in [6, 6.07) is 5.60. The van der Waals surface area contributed by atoms with Gasteiger partial charge < -0.3 is 15.6 Å². The number of aliphatic hydroxyl groups excluding tert-OH is 1. The predicted molar refractivity (Wildman–Crippen MR) is 67.3 cm³/mol. The van der Waals surface area contributed by atoms with Crippen LogP contribution in [0.2, 0.25) is 0 Å². The summed E-state index contributed by atoms with van der Waals surface area (Å²) < 4.78 is 5.12. The number of nitrogens with two attached hydrogens (primary N) is 1. The molecule has 0 saturated carbocycles. The van der Waals surface area contributed by atoms with E-state index in [0.717, 1.165) is 11.3 Å². The Morgan fingerprint density at radius 2 is 2.31 bits per heavy atom. The molecule has 0 amide bonds. The second-order valence-electron chi connectivity index (χ2n) is 3.22. The van der Waals surface area contributed by atoms with Gasteiger partial charge in [-0.15, -0.1) is 0 Å². The molecule has 0 atom stereocenters. The van der Waals surface area contributed by atoms with E-state index in [-0.39, 0.29) is 12.4 Å². The summed E-state index contributed by atoms with van der Waals surface area (Å²) >= 11 is 1.64. The number of nitrogen functional groups attached to an aromatic ring is 1. The van der Waals surface area contributed by atoms with Crippen LogP contribution in [0.15, 0.2) is 18.2 Å². The maximum Gasteiger partial charge on any atom is 0.129 e. The first-order valence-corrected chi connectivity index (χ1v) is 6.04. The predicted octanol–water partition coefficient (Wildman–Crippen LogP) is 1.20. The third-order valence-corrected chi connectivity index (χ3v) is 3.07. The SMILES string of the molecule is COc1ccc(CSCCO)cc1C(=N)N. The number of amidine groups is 1. The quantitative estimate of drug-likeness (QED) is 0.396. The van der Waals surface area contributed by atoms with Gasteiger partial charge in [0.1, 0.15) is 11.6 Å². The molecule has 0 heterocycles. The smallest absolute Gasteiger partial charge is 0.129 e. The second kappa shape index (κ2) is 6.40. The van der Waals surface area contributed by atoms with E-state index in [1.807, 2.05) is 18.2 Å². The van der Waals surface area contributed by atoms with Gasteiger partial charge in [-0.3, -0.25) is 5.41 Å². The normalized spacial score (nSPS) is 10.1. The highest BCUT2D eigenvalue weighted by Gasteiger charge is 2.06. The standard InChI is InChI=1S/C11H16N2O2S/c1-15-10-3-2-8(7-16-5-4-14)6-9(10)11(12)13/h2-3,6,14H,4-5,7H2,1H3,(H3,12,13). The van der Waals surface area contributed by atoms with Gasteiger partial charge >= 0.3 is 0 Å². The third-order valence-electron chi connectivity index (χ3n) is 2.06. The van der Waals surface area contributed by atoms with E-state index in [0.29, 0.717) is 17.1 Å².